The van der Waals surface area contributed by atoms with E-state index in [4.69, 9.17) is 11.5 Å². The van der Waals surface area contributed by atoms with Crippen molar-refractivity contribution in [3.05, 3.63) is 0 Å². The molecule has 0 spiro atoms. The second kappa shape index (κ2) is 32.2. The van der Waals surface area contributed by atoms with Gasteiger partial charge in [-0.2, -0.15) is 0 Å². The van der Waals surface area contributed by atoms with Gasteiger partial charge in [-0.3, -0.25) is 0 Å². The van der Waals surface area contributed by atoms with E-state index in [2.05, 4.69) is 5.32 Å². The topological polar surface area (TPSA) is 144 Å². The number of carboxylic acid groups (broad SMARTS) is 2. The molecule has 0 saturated carbocycles. The van der Waals surface area contributed by atoms with Gasteiger partial charge in [0.15, 0.2) is 0 Å². The van der Waals surface area contributed by atoms with Gasteiger partial charge in [-0.05, 0) is 12.8 Å². The Morgan fingerprint density at radius 2 is 1.11 bits per heavy atom. The number of aliphatic carboxylic acids is 2. The molecule has 0 radical (unpaired) electrons. The van der Waals surface area contributed by atoms with Crippen molar-refractivity contribution < 1.29 is 123 Å². The van der Waals surface area contributed by atoms with Crippen LogP contribution in [0.1, 0.15) is 26.7 Å². The largest absolute Gasteiger partial charge is 1.00 e. The predicted octanol–water partition coefficient (Wildman–Crippen LogP) is -9.21. The van der Waals surface area contributed by atoms with Crippen LogP contribution in [0.25, 0.3) is 0 Å². The SMILES string of the molecule is CCC(=O)[O-].CCC(=O)[O-].NCCNCCN.[K+].[K+]. The molecule has 0 rings (SSSR count). The molecule has 104 valence electrons. The first-order chi connectivity index (χ1) is 7.95. The first-order valence-corrected chi connectivity index (χ1v) is 5.46. The van der Waals surface area contributed by atoms with Crippen molar-refractivity contribution in [2.75, 3.05) is 26.2 Å². The van der Waals surface area contributed by atoms with Crippen molar-refractivity contribution in [2.45, 2.75) is 26.7 Å². The van der Waals surface area contributed by atoms with Gasteiger partial charge < -0.3 is 36.6 Å². The Hall–Kier alpha value is 2.09. The summed E-state index contributed by atoms with van der Waals surface area (Å²) in [5.41, 5.74) is 10.3. The number of hydrogen-bond donors (Lipinski definition) is 3. The summed E-state index contributed by atoms with van der Waals surface area (Å²) in [6, 6.07) is 0. The zero-order valence-corrected chi connectivity index (χ0v) is 18.8. The number of carboxylic acids is 2. The summed E-state index contributed by atoms with van der Waals surface area (Å²) >= 11 is 0. The van der Waals surface area contributed by atoms with Crippen molar-refractivity contribution in [1.82, 2.24) is 5.32 Å². The van der Waals surface area contributed by atoms with Gasteiger partial charge in [-0.15, -0.1) is 0 Å². The van der Waals surface area contributed by atoms with E-state index in [0.717, 1.165) is 13.1 Å². The minimum absolute atomic E-state index is 0. The van der Waals surface area contributed by atoms with Gasteiger partial charge >= 0.3 is 103 Å². The van der Waals surface area contributed by atoms with Gasteiger partial charge in [0.05, 0.1) is 0 Å². The van der Waals surface area contributed by atoms with E-state index in [1.165, 1.54) is 13.8 Å². The fraction of sp³-hybridized carbons (Fsp3) is 0.800. The van der Waals surface area contributed by atoms with E-state index in [1.54, 1.807) is 0 Å². The third-order valence-corrected chi connectivity index (χ3v) is 1.22. The molecule has 0 aromatic rings. The van der Waals surface area contributed by atoms with Gasteiger partial charge in [-0.25, -0.2) is 0 Å². The fourth-order valence-corrected chi connectivity index (χ4v) is 0.329. The van der Waals surface area contributed by atoms with Crippen LogP contribution in [0.2, 0.25) is 0 Å². The average molecular weight is 328 g/mol. The van der Waals surface area contributed by atoms with Crippen LogP contribution in [0.3, 0.4) is 0 Å². The summed E-state index contributed by atoms with van der Waals surface area (Å²) in [6.07, 6.45) is 0.222. The van der Waals surface area contributed by atoms with E-state index in [9.17, 15) is 19.8 Å². The van der Waals surface area contributed by atoms with Crippen LogP contribution in [0, 0.1) is 0 Å². The molecule has 0 amide bonds. The van der Waals surface area contributed by atoms with E-state index < -0.39 is 11.9 Å². The van der Waals surface area contributed by atoms with Crippen molar-refractivity contribution in [3.63, 3.8) is 0 Å². The molecule has 5 N–H and O–H groups in total. The van der Waals surface area contributed by atoms with Crippen LogP contribution in [-0.4, -0.2) is 38.1 Å². The molecule has 0 bridgehead atoms. The molecule has 0 atom stereocenters. The van der Waals surface area contributed by atoms with Crippen LogP contribution in [0.5, 0.6) is 0 Å². The van der Waals surface area contributed by atoms with Crippen molar-refractivity contribution in [3.8, 4) is 0 Å². The van der Waals surface area contributed by atoms with Crippen LogP contribution in [0.15, 0.2) is 0 Å². The second-order valence-corrected chi connectivity index (χ2v) is 2.78. The molecule has 0 aliphatic carbocycles. The number of nitrogens with one attached hydrogen (secondary N) is 1. The van der Waals surface area contributed by atoms with Gasteiger partial charge in [0.1, 0.15) is 0 Å². The molecule has 0 saturated heterocycles. The molecule has 0 aromatic heterocycles. The monoisotopic (exact) mass is 327 g/mol. The first-order valence-electron chi connectivity index (χ1n) is 5.46. The number of carbonyl (C=O) groups excluding carboxylic acids is 2. The van der Waals surface area contributed by atoms with Crippen molar-refractivity contribution >= 4 is 11.9 Å². The van der Waals surface area contributed by atoms with Gasteiger partial charge in [-0.1, -0.05) is 13.8 Å². The Bertz CT molecular complexity index is 168. The quantitative estimate of drug-likeness (QED) is 0.324. The maximum atomic E-state index is 9.26. The summed E-state index contributed by atoms with van der Waals surface area (Å²) in [5.74, 6) is -1.99. The average Bonchev–Trinajstić information content (AvgIpc) is 2.31. The molecule has 9 heteroatoms. The van der Waals surface area contributed by atoms with Crippen LogP contribution < -0.4 is 130 Å². The van der Waals surface area contributed by atoms with Gasteiger partial charge in [0, 0.05) is 38.1 Å². The number of rotatable bonds is 6. The molecular formula is C10H23K2N3O4. The van der Waals surface area contributed by atoms with E-state index >= 15 is 0 Å². The Morgan fingerprint density at radius 1 is 0.895 bits per heavy atom. The standard InChI is InChI=1S/C4H13N3.2C3H6O2.2K/c5-1-3-7-4-2-6;2*1-2-3(4)5;;/h7H,1-6H2;2*2H2,1H3,(H,4,5);;/q;;;2*+1/p-2. The fourth-order valence-electron chi connectivity index (χ4n) is 0.329. The number of carbonyl (C=O) groups is 2. The molecule has 0 unspecified atom stereocenters. The minimum Gasteiger partial charge on any atom is -0.550 e. The van der Waals surface area contributed by atoms with Gasteiger partial charge in [0.25, 0.3) is 0 Å². The maximum absolute atomic E-state index is 9.26. The molecular weight excluding hydrogens is 304 g/mol. The first kappa shape index (κ1) is 32.9. The summed E-state index contributed by atoms with van der Waals surface area (Å²) in [7, 11) is 0. The predicted molar refractivity (Wildman–Crippen MR) is 61.6 cm³/mol. The van der Waals surface area contributed by atoms with Crippen LogP contribution in [0.4, 0.5) is 0 Å². The number of nitrogens with two attached hydrogens (primary N) is 2. The molecule has 0 fully saturated rings. The summed E-state index contributed by atoms with van der Waals surface area (Å²) in [4.78, 5) is 18.5. The third-order valence-electron chi connectivity index (χ3n) is 1.22. The summed E-state index contributed by atoms with van der Waals surface area (Å²) < 4.78 is 0. The molecule has 0 aliphatic heterocycles. The zero-order chi connectivity index (χ0) is 14.1. The Kier molecular flexibility index (Phi) is 55.6. The van der Waals surface area contributed by atoms with Crippen molar-refractivity contribution in [2.24, 2.45) is 11.5 Å². The number of hydrogen-bond acceptors (Lipinski definition) is 7. The minimum atomic E-state index is -0.995. The van der Waals surface area contributed by atoms with Crippen LogP contribution in [-0.2, 0) is 9.59 Å². The van der Waals surface area contributed by atoms with E-state index in [0.29, 0.717) is 13.1 Å². The Morgan fingerprint density at radius 3 is 1.21 bits per heavy atom. The third kappa shape index (κ3) is 64.6. The molecule has 19 heavy (non-hydrogen) atoms. The summed E-state index contributed by atoms with van der Waals surface area (Å²) in [5, 5.41) is 21.5. The Labute approximate surface area is 200 Å². The molecule has 7 nitrogen and oxygen atoms in total. The van der Waals surface area contributed by atoms with Crippen molar-refractivity contribution in [1.29, 1.82) is 0 Å². The maximum Gasteiger partial charge on any atom is 1.00 e. The van der Waals surface area contributed by atoms with Crippen LogP contribution >= 0.6 is 0 Å². The molecule has 0 heterocycles. The normalized spacial score (nSPS) is 7.37. The zero-order valence-electron chi connectivity index (χ0n) is 12.5. The smallest absolute Gasteiger partial charge is 0.550 e. The summed E-state index contributed by atoms with van der Waals surface area (Å²) in [6.45, 7) is 6.21. The molecule has 0 aliphatic rings. The second-order valence-electron chi connectivity index (χ2n) is 2.78. The van der Waals surface area contributed by atoms with E-state index in [-0.39, 0.29) is 116 Å². The Balaban J connectivity index is -0.0000000500. The molecule has 0 aromatic carbocycles. The van der Waals surface area contributed by atoms with E-state index in [1.807, 2.05) is 0 Å². The van der Waals surface area contributed by atoms with Gasteiger partial charge in [0.2, 0.25) is 0 Å².